The molecule has 1 aliphatic heterocycles. The number of hydrogen-bond acceptors (Lipinski definition) is 7. The number of aliphatic hydroxyl groups excluding tert-OH is 1. The fourth-order valence-electron chi connectivity index (χ4n) is 4.00. The predicted octanol–water partition coefficient (Wildman–Crippen LogP) is 2.97. The fraction of sp³-hybridized carbons (Fsp3) is 0.273. The number of rotatable bonds is 5. The third-order valence-corrected chi connectivity index (χ3v) is 5.16. The van der Waals surface area contributed by atoms with Gasteiger partial charge in [0.05, 0.1) is 23.6 Å². The molecule has 0 saturated heterocycles. The number of carbonyl (C=O) groups excluding carboxylic acids is 1. The first kappa shape index (κ1) is 20.4. The first-order valence-electron chi connectivity index (χ1n) is 9.82. The number of allylic oxidation sites excluding steroid dienone is 2. The topological polar surface area (TPSA) is 130 Å². The highest BCUT2D eigenvalue weighted by Gasteiger charge is 2.42. The van der Waals surface area contributed by atoms with Gasteiger partial charge < -0.3 is 25.0 Å². The minimum Gasteiger partial charge on any atom is -0.512 e. The summed E-state index contributed by atoms with van der Waals surface area (Å²) < 4.78 is 12.8. The second-order valence-electron chi connectivity index (χ2n) is 7.21. The second-order valence-corrected chi connectivity index (χ2v) is 7.21. The van der Waals surface area contributed by atoms with Crippen LogP contribution in [0.5, 0.6) is 5.75 Å². The Kier molecular flexibility index (Phi) is 5.10. The first-order chi connectivity index (χ1) is 14.8. The molecule has 2 atom stereocenters. The van der Waals surface area contributed by atoms with E-state index in [1.54, 1.807) is 50.4 Å². The van der Waals surface area contributed by atoms with Gasteiger partial charge in [0, 0.05) is 23.0 Å². The van der Waals surface area contributed by atoms with E-state index in [0.717, 1.165) is 0 Å². The van der Waals surface area contributed by atoms with Crippen molar-refractivity contribution < 1.29 is 19.4 Å². The number of nitrogens with zero attached hydrogens (tertiary/aromatic N) is 2. The van der Waals surface area contributed by atoms with Gasteiger partial charge in [-0.05, 0) is 45.0 Å². The lowest BCUT2D eigenvalue weighted by atomic mass is 9.96. The van der Waals surface area contributed by atoms with E-state index in [9.17, 15) is 14.7 Å². The average molecular weight is 422 g/mol. The number of pyridine rings is 1. The fourth-order valence-corrected chi connectivity index (χ4v) is 4.00. The molecule has 3 aromatic rings. The van der Waals surface area contributed by atoms with Gasteiger partial charge in [0.25, 0.3) is 0 Å². The number of nitrogens with one attached hydrogen (secondary N) is 2. The van der Waals surface area contributed by atoms with Gasteiger partial charge in [-0.25, -0.2) is 9.59 Å². The highest BCUT2D eigenvalue weighted by Crippen LogP contribution is 2.42. The van der Waals surface area contributed by atoms with E-state index in [1.807, 2.05) is 0 Å². The number of H-pyrrole nitrogens is 1. The number of aliphatic hydroxyl groups is 1. The minimum atomic E-state index is -1.19. The van der Waals surface area contributed by atoms with Gasteiger partial charge in [0.15, 0.2) is 5.75 Å². The van der Waals surface area contributed by atoms with Crippen molar-refractivity contribution in [3.05, 3.63) is 64.0 Å². The summed E-state index contributed by atoms with van der Waals surface area (Å²) in [5, 5.41) is 18.3. The van der Waals surface area contributed by atoms with Gasteiger partial charge in [0.2, 0.25) is 6.10 Å². The summed E-state index contributed by atoms with van der Waals surface area (Å²) in [6.45, 7) is 4.83. The first-order valence-corrected chi connectivity index (χ1v) is 9.82. The van der Waals surface area contributed by atoms with Crippen LogP contribution in [0.1, 0.15) is 38.1 Å². The summed E-state index contributed by atoms with van der Waals surface area (Å²) >= 11 is 0. The van der Waals surface area contributed by atoms with Crippen molar-refractivity contribution in [2.24, 2.45) is 0 Å². The van der Waals surface area contributed by atoms with Crippen LogP contribution in [0.2, 0.25) is 0 Å². The zero-order valence-electron chi connectivity index (χ0n) is 17.3. The van der Waals surface area contributed by atoms with Crippen molar-refractivity contribution in [3.63, 3.8) is 0 Å². The molecule has 160 valence electrons. The van der Waals surface area contributed by atoms with Gasteiger partial charge in [-0.3, -0.25) is 9.55 Å². The van der Waals surface area contributed by atoms with Crippen LogP contribution in [0.15, 0.2) is 47.1 Å². The highest BCUT2D eigenvalue weighted by molar-refractivity contribution is 6.23. The summed E-state index contributed by atoms with van der Waals surface area (Å²) in [6.07, 6.45) is 0.388. The summed E-state index contributed by atoms with van der Waals surface area (Å²) in [5.74, 6) is -0.496. The molecule has 2 aromatic heterocycles. The molecular formula is C22H22N4O5. The van der Waals surface area contributed by atoms with Gasteiger partial charge >= 0.3 is 11.7 Å². The lowest BCUT2D eigenvalue weighted by molar-refractivity contribution is -0.153. The van der Waals surface area contributed by atoms with Crippen LogP contribution in [0.3, 0.4) is 0 Å². The molecule has 0 spiro atoms. The molecule has 4 rings (SSSR count). The summed E-state index contributed by atoms with van der Waals surface area (Å²) in [6, 6.07) is 7.69. The second kappa shape index (κ2) is 7.75. The number of aromatic amines is 1. The Morgan fingerprint density at radius 3 is 2.71 bits per heavy atom. The van der Waals surface area contributed by atoms with E-state index in [1.165, 1.54) is 11.5 Å². The van der Waals surface area contributed by atoms with E-state index >= 15 is 0 Å². The van der Waals surface area contributed by atoms with Crippen molar-refractivity contribution in [2.75, 3.05) is 6.61 Å². The monoisotopic (exact) mass is 422 g/mol. The van der Waals surface area contributed by atoms with Crippen molar-refractivity contribution in [2.45, 2.75) is 32.9 Å². The normalized spacial score (nSPS) is 18.3. The number of carbonyl (C=O) groups is 1. The maximum atomic E-state index is 13.0. The summed E-state index contributed by atoms with van der Waals surface area (Å²) in [5.41, 5.74) is 1.75. The molecule has 31 heavy (non-hydrogen) atoms. The molecule has 0 fully saturated rings. The van der Waals surface area contributed by atoms with Crippen LogP contribution >= 0.6 is 0 Å². The number of ether oxygens (including phenoxy) is 2. The van der Waals surface area contributed by atoms with Gasteiger partial charge in [-0.2, -0.15) is 0 Å². The van der Waals surface area contributed by atoms with Gasteiger partial charge in [0.1, 0.15) is 11.6 Å². The molecule has 0 amide bonds. The molecule has 2 unspecified atom stereocenters. The smallest absolute Gasteiger partial charge is 0.349 e. The van der Waals surface area contributed by atoms with E-state index in [-0.39, 0.29) is 29.4 Å². The van der Waals surface area contributed by atoms with E-state index in [2.05, 4.69) is 9.97 Å². The average Bonchev–Trinajstić information content (AvgIpc) is 3.07. The Hall–Kier alpha value is -3.88. The Labute approximate surface area is 177 Å². The van der Waals surface area contributed by atoms with Crippen LogP contribution in [0.4, 0.5) is 0 Å². The Morgan fingerprint density at radius 1 is 1.32 bits per heavy atom. The zero-order valence-corrected chi connectivity index (χ0v) is 17.3. The van der Waals surface area contributed by atoms with E-state index in [0.29, 0.717) is 22.3 Å². The van der Waals surface area contributed by atoms with Crippen molar-refractivity contribution in [1.82, 2.24) is 14.5 Å². The highest BCUT2D eigenvalue weighted by atomic mass is 16.6. The third kappa shape index (κ3) is 3.27. The predicted molar refractivity (Wildman–Crippen MR) is 115 cm³/mol. The Morgan fingerprint density at radius 2 is 2.10 bits per heavy atom. The molecule has 3 heterocycles. The number of hydrogen-bond donors (Lipinski definition) is 3. The molecule has 1 aromatic carbocycles. The maximum Gasteiger partial charge on any atom is 0.349 e. The summed E-state index contributed by atoms with van der Waals surface area (Å²) in [7, 11) is 0. The number of esters is 1. The van der Waals surface area contributed by atoms with Crippen LogP contribution < -0.4 is 10.4 Å². The minimum absolute atomic E-state index is 0.0735. The number of imidazole rings is 1. The molecule has 3 N–H and O–H groups in total. The molecule has 0 bridgehead atoms. The third-order valence-electron chi connectivity index (χ3n) is 5.16. The number of benzene rings is 1. The van der Waals surface area contributed by atoms with Gasteiger partial charge in [-0.1, -0.05) is 6.07 Å². The number of aromatic nitrogens is 3. The standard InChI is InChI=1S/C22H22N4O5/c1-4-30-21(28)20-17(14-7-5-6-10-24-14)26-18-15(25-22(26)29)9-8-13(19(18)31-20)16(11(2)23)12(3)27/h5-10,17,20,23,27H,4H2,1-3H3,(H,25,29)/b16-12+,23-11?. The van der Waals surface area contributed by atoms with Crippen molar-refractivity contribution >= 4 is 28.3 Å². The Bertz CT molecular complexity index is 1270. The molecule has 0 aliphatic carbocycles. The van der Waals surface area contributed by atoms with E-state index in [4.69, 9.17) is 14.9 Å². The maximum absolute atomic E-state index is 13.0. The van der Waals surface area contributed by atoms with Crippen LogP contribution in [-0.2, 0) is 9.53 Å². The molecule has 9 nitrogen and oxygen atoms in total. The lowest BCUT2D eigenvalue weighted by Crippen LogP contribution is -2.44. The molecule has 0 saturated carbocycles. The SMILES string of the molecule is CCOC(=O)C1Oc2c(/C(C(C)=N)=C(\C)O)ccc3[nH]c(=O)n(c23)C1c1ccccn1. The zero-order chi connectivity index (χ0) is 22.3. The van der Waals surface area contributed by atoms with Crippen LogP contribution in [-0.4, -0.2) is 44.0 Å². The molecule has 9 heteroatoms. The quantitative estimate of drug-likeness (QED) is 0.329. The molecular weight excluding hydrogens is 400 g/mol. The summed E-state index contributed by atoms with van der Waals surface area (Å²) in [4.78, 5) is 33.0. The van der Waals surface area contributed by atoms with Crippen molar-refractivity contribution in [3.8, 4) is 5.75 Å². The van der Waals surface area contributed by atoms with Gasteiger partial charge in [-0.15, -0.1) is 0 Å². The van der Waals surface area contributed by atoms with E-state index < -0.39 is 23.8 Å². The largest absolute Gasteiger partial charge is 0.512 e. The Balaban J connectivity index is 2.06. The van der Waals surface area contributed by atoms with Crippen molar-refractivity contribution in [1.29, 1.82) is 5.41 Å². The van der Waals surface area contributed by atoms with Crippen LogP contribution in [0, 0.1) is 5.41 Å². The lowest BCUT2D eigenvalue weighted by Gasteiger charge is -2.32. The molecule has 0 radical (unpaired) electrons. The molecule has 1 aliphatic rings. The van der Waals surface area contributed by atoms with Crippen LogP contribution in [0.25, 0.3) is 16.6 Å².